The summed E-state index contributed by atoms with van der Waals surface area (Å²) in [5.41, 5.74) is 1.05. The molecule has 2 N–H and O–H groups in total. The largest absolute Gasteiger partial charge is 0.395 e. The molecule has 0 bridgehead atoms. The second-order valence-corrected chi connectivity index (χ2v) is 4.53. The van der Waals surface area contributed by atoms with E-state index in [4.69, 9.17) is 9.84 Å². The smallest absolute Gasteiger partial charge is 0.253 e. The van der Waals surface area contributed by atoms with Gasteiger partial charge in [-0.25, -0.2) is 0 Å². The summed E-state index contributed by atoms with van der Waals surface area (Å²) in [6, 6.07) is 9.76. The molecule has 1 unspecified atom stereocenters. The maximum atomic E-state index is 12.3. The Hall–Kier alpha value is -1.43. The van der Waals surface area contributed by atoms with E-state index in [0.717, 1.165) is 12.1 Å². The van der Waals surface area contributed by atoms with Gasteiger partial charge in [-0.15, -0.1) is 0 Å². The summed E-state index contributed by atoms with van der Waals surface area (Å²) < 4.78 is 5.47. The number of ether oxygens (including phenoxy) is 1. The SMILES string of the molecule is O=C(C1CNCCO1)N(CCO)Cc1ccccc1. The number of amides is 1. The maximum absolute atomic E-state index is 12.3. The fourth-order valence-electron chi connectivity index (χ4n) is 2.12. The summed E-state index contributed by atoms with van der Waals surface area (Å²) in [4.78, 5) is 14.0. The van der Waals surface area contributed by atoms with Crippen LogP contribution in [-0.2, 0) is 16.1 Å². The third-order valence-corrected chi connectivity index (χ3v) is 3.10. The van der Waals surface area contributed by atoms with Crippen molar-refractivity contribution in [2.24, 2.45) is 0 Å². The molecule has 1 aromatic carbocycles. The molecule has 104 valence electrons. The Morgan fingerprint density at radius 2 is 2.21 bits per heavy atom. The van der Waals surface area contributed by atoms with Crippen LogP contribution >= 0.6 is 0 Å². The Morgan fingerprint density at radius 3 is 2.84 bits per heavy atom. The Bertz CT molecular complexity index is 391. The number of morpholine rings is 1. The number of aliphatic hydroxyl groups is 1. The van der Waals surface area contributed by atoms with Crippen molar-refractivity contribution in [3.05, 3.63) is 35.9 Å². The van der Waals surface area contributed by atoms with Gasteiger partial charge in [0.25, 0.3) is 5.91 Å². The summed E-state index contributed by atoms with van der Waals surface area (Å²) in [5, 5.41) is 12.3. The molecule has 1 amide bonds. The average Bonchev–Trinajstić information content (AvgIpc) is 2.48. The summed E-state index contributed by atoms with van der Waals surface area (Å²) in [6.45, 7) is 2.65. The molecule has 1 heterocycles. The van der Waals surface area contributed by atoms with Crippen LogP contribution in [0.2, 0.25) is 0 Å². The molecule has 5 nitrogen and oxygen atoms in total. The summed E-state index contributed by atoms with van der Waals surface area (Å²) in [5.74, 6) is -0.0647. The van der Waals surface area contributed by atoms with Crippen molar-refractivity contribution in [3.8, 4) is 0 Å². The highest BCUT2D eigenvalue weighted by Gasteiger charge is 2.26. The first-order chi connectivity index (χ1) is 9.31. The van der Waals surface area contributed by atoms with Crippen LogP contribution in [-0.4, -0.2) is 54.9 Å². The van der Waals surface area contributed by atoms with E-state index in [2.05, 4.69) is 5.32 Å². The quantitative estimate of drug-likeness (QED) is 0.785. The Morgan fingerprint density at radius 1 is 1.42 bits per heavy atom. The molecule has 5 heteroatoms. The maximum Gasteiger partial charge on any atom is 0.253 e. The van der Waals surface area contributed by atoms with Crippen molar-refractivity contribution in [3.63, 3.8) is 0 Å². The fourth-order valence-corrected chi connectivity index (χ4v) is 2.12. The molecule has 2 rings (SSSR count). The first kappa shape index (κ1) is 14.0. The van der Waals surface area contributed by atoms with Crippen LogP contribution in [0.1, 0.15) is 5.56 Å². The van der Waals surface area contributed by atoms with Crippen LogP contribution in [0.15, 0.2) is 30.3 Å². The molecule has 1 saturated heterocycles. The van der Waals surface area contributed by atoms with Gasteiger partial charge in [0.2, 0.25) is 0 Å². The topological polar surface area (TPSA) is 61.8 Å². The summed E-state index contributed by atoms with van der Waals surface area (Å²) in [6.07, 6.45) is -0.441. The lowest BCUT2D eigenvalue weighted by molar-refractivity contribution is -0.146. The van der Waals surface area contributed by atoms with Crippen LogP contribution in [0, 0.1) is 0 Å². The first-order valence-corrected chi connectivity index (χ1v) is 6.57. The van der Waals surface area contributed by atoms with Gasteiger partial charge in [0.05, 0.1) is 13.2 Å². The van der Waals surface area contributed by atoms with E-state index in [9.17, 15) is 4.79 Å². The van der Waals surface area contributed by atoms with Crippen molar-refractivity contribution >= 4 is 5.91 Å². The number of aliphatic hydroxyl groups excluding tert-OH is 1. The van der Waals surface area contributed by atoms with Crippen LogP contribution in [0.3, 0.4) is 0 Å². The Kier molecular flexibility index (Phi) is 5.32. The van der Waals surface area contributed by atoms with E-state index in [1.807, 2.05) is 30.3 Å². The third-order valence-electron chi connectivity index (χ3n) is 3.10. The van der Waals surface area contributed by atoms with Gasteiger partial charge in [-0.3, -0.25) is 4.79 Å². The molecule has 0 aromatic heterocycles. The molecule has 0 aliphatic carbocycles. The number of hydrogen-bond acceptors (Lipinski definition) is 4. The number of hydrogen-bond donors (Lipinski definition) is 2. The van der Waals surface area contributed by atoms with Gasteiger partial charge < -0.3 is 20.1 Å². The number of rotatable bonds is 5. The molecule has 19 heavy (non-hydrogen) atoms. The van der Waals surface area contributed by atoms with Crippen molar-refractivity contribution in [2.75, 3.05) is 32.8 Å². The first-order valence-electron chi connectivity index (χ1n) is 6.57. The predicted molar refractivity (Wildman–Crippen MR) is 71.6 cm³/mol. The zero-order valence-corrected chi connectivity index (χ0v) is 10.9. The van der Waals surface area contributed by atoms with Crippen LogP contribution in [0.25, 0.3) is 0 Å². The van der Waals surface area contributed by atoms with Crippen LogP contribution < -0.4 is 5.32 Å². The average molecular weight is 264 g/mol. The van der Waals surface area contributed by atoms with E-state index in [-0.39, 0.29) is 12.5 Å². The second-order valence-electron chi connectivity index (χ2n) is 4.53. The number of nitrogens with one attached hydrogen (secondary N) is 1. The molecule has 1 aromatic rings. The lowest BCUT2D eigenvalue weighted by Gasteiger charge is -2.29. The van der Waals surface area contributed by atoms with Crippen molar-refractivity contribution in [1.82, 2.24) is 10.2 Å². The molecule has 0 saturated carbocycles. The van der Waals surface area contributed by atoms with Crippen molar-refractivity contribution in [1.29, 1.82) is 0 Å². The van der Waals surface area contributed by atoms with Gasteiger partial charge in [0.15, 0.2) is 0 Å². The highest BCUT2D eigenvalue weighted by molar-refractivity contribution is 5.81. The predicted octanol–water partition coefficient (Wildman–Crippen LogP) is -0.00410. The number of carbonyl (C=O) groups is 1. The monoisotopic (exact) mass is 264 g/mol. The van der Waals surface area contributed by atoms with Gasteiger partial charge in [0, 0.05) is 26.2 Å². The Balaban J connectivity index is 2.00. The highest BCUT2D eigenvalue weighted by atomic mass is 16.5. The molecule has 1 aliphatic heterocycles. The Labute approximate surface area is 113 Å². The van der Waals surface area contributed by atoms with E-state index < -0.39 is 6.10 Å². The minimum Gasteiger partial charge on any atom is -0.395 e. The molecule has 0 radical (unpaired) electrons. The van der Waals surface area contributed by atoms with Crippen LogP contribution in [0.5, 0.6) is 0 Å². The minimum absolute atomic E-state index is 0.0429. The van der Waals surface area contributed by atoms with Gasteiger partial charge in [-0.05, 0) is 5.56 Å². The van der Waals surface area contributed by atoms with Gasteiger partial charge in [0.1, 0.15) is 6.10 Å². The number of carbonyl (C=O) groups excluding carboxylic acids is 1. The molecular formula is C14H20N2O3. The van der Waals surface area contributed by atoms with Crippen molar-refractivity contribution in [2.45, 2.75) is 12.6 Å². The van der Waals surface area contributed by atoms with Crippen molar-refractivity contribution < 1.29 is 14.6 Å². The molecule has 1 atom stereocenters. The summed E-state index contributed by atoms with van der Waals surface area (Å²) >= 11 is 0. The third kappa shape index (κ3) is 4.02. The van der Waals surface area contributed by atoms with Gasteiger partial charge >= 0.3 is 0 Å². The molecular weight excluding hydrogens is 244 g/mol. The lowest BCUT2D eigenvalue weighted by atomic mass is 10.2. The minimum atomic E-state index is -0.441. The lowest BCUT2D eigenvalue weighted by Crippen LogP contribution is -2.49. The van der Waals surface area contributed by atoms with E-state index in [1.54, 1.807) is 4.90 Å². The molecule has 0 spiro atoms. The van der Waals surface area contributed by atoms with Crippen LogP contribution in [0.4, 0.5) is 0 Å². The van der Waals surface area contributed by atoms with E-state index in [0.29, 0.717) is 26.2 Å². The second kappa shape index (κ2) is 7.23. The number of benzene rings is 1. The summed E-state index contributed by atoms with van der Waals surface area (Å²) in [7, 11) is 0. The normalized spacial score (nSPS) is 19.1. The fraction of sp³-hybridized carbons (Fsp3) is 0.500. The molecule has 1 aliphatic rings. The van der Waals surface area contributed by atoms with Gasteiger partial charge in [-0.2, -0.15) is 0 Å². The van der Waals surface area contributed by atoms with Gasteiger partial charge in [-0.1, -0.05) is 30.3 Å². The van der Waals surface area contributed by atoms with E-state index >= 15 is 0 Å². The zero-order valence-electron chi connectivity index (χ0n) is 10.9. The number of nitrogens with zero attached hydrogens (tertiary/aromatic N) is 1. The highest BCUT2D eigenvalue weighted by Crippen LogP contribution is 2.08. The standard InChI is InChI=1S/C14H20N2O3/c17-8-7-16(11-12-4-2-1-3-5-12)14(18)13-10-15-6-9-19-13/h1-5,13,15,17H,6-11H2. The molecule has 1 fully saturated rings. The zero-order chi connectivity index (χ0) is 13.5. The van der Waals surface area contributed by atoms with E-state index in [1.165, 1.54) is 0 Å².